The fourth-order valence-corrected chi connectivity index (χ4v) is 3.36. The molecule has 2 saturated heterocycles. The maximum atomic E-state index is 12.0. The zero-order valence-corrected chi connectivity index (χ0v) is 13.6. The summed E-state index contributed by atoms with van der Waals surface area (Å²) in [5.74, 6) is 1.28. The molecule has 20 heavy (non-hydrogen) atoms. The molecule has 2 aliphatic rings. The van der Waals surface area contributed by atoms with Crippen LogP contribution >= 0.6 is 0 Å². The summed E-state index contributed by atoms with van der Waals surface area (Å²) in [4.78, 5) is 19.1. The van der Waals surface area contributed by atoms with Crippen LogP contribution in [0.4, 0.5) is 0 Å². The molecule has 0 aromatic carbocycles. The second kappa shape index (κ2) is 6.90. The summed E-state index contributed by atoms with van der Waals surface area (Å²) in [7, 11) is 0. The molecular formula is C16H31N3O. The van der Waals surface area contributed by atoms with Crippen LogP contribution in [0.15, 0.2) is 0 Å². The first-order chi connectivity index (χ1) is 9.47. The molecule has 4 heteroatoms. The van der Waals surface area contributed by atoms with Crippen molar-refractivity contribution in [2.75, 3.05) is 45.8 Å². The van der Waals surface area contributed by atoms with Crippen LogP contribution in [0.5, 0.6) is 0 Å². The Balaban J connectivity index is 1.71. The van der Waals surface area contributed by atoms with E-state index >= 15 is 0 Å². The fraction of sp³-hybridized carbons (Fsp3) is 0.938. The lowest BCUT2D eigenvalue weighted by Gasteiger charge is -2.36. The normalized spacial score (nSPS) is 25.9. The molecule has 116 valence electrons. The molecule has 0 saturated carbocycles. The molecule has 1 amide bonds. The largest absolute Gasteiger partial charge is 0.340 e. The third-order valence-corrected chi connectivity index (χ3v) is 4.74. The van der Waals surface area contributed by atoms with Crippen molar-refractivity contribution in [3.05, 3.63) is 0 Å². The van der Waals surface area contributed by atoms with Crippen LogP contribution in [0, 0.1) is 11.8 Å². The van der Waals surface area contributed by atoms with Gasteiger partial charge in [0.05, 0.1) is 0 Å². The van der Waals surface area contributed by atoms with Crippen molar-refractivity contribution >= 4 is 5.91 Å². The molecule has 1 atom stereocenters. The highest BCUT2D eigenvalue weighted by Crippen LogP contribution is 2.20. The van der Waals surface area contributed by atoms with Gasteiger partial charge in [0.2, 0.25) is 5.91 Å². The topological polar surface area (TPSA) is 26.8 Å². The number of rotatable bonds is 4. The van der Waals surface area contributed by atoms with Crippen molar-refractivity contribution < 1.29 is 4.79 Å². The van der Waals surface area contributed by atoms with E-state index in [2.05, 4.69) is 23.6 Å². The summed E-state index contributed by atoms with van der Waals surface area (Å²) in [6.07, 6.45) is 1.34. The lowest BCUT2D eigenvalue weighted by atomic mass is 10.1. The van der Waals surface area contributed by atoms with Gasteiger partial charge >= 0.3 is 0 Å². The van der Waals surface area contributed by atoms with Crippen LogP contribution in [0.2, 0.25) is 0 Å². The Morgan fingerprint density at radius 3 is 2.20 bits per heavy atom. The molecule has 0 radical (unpaired) electrons. The first kappa shape index (κ1) is 15.8. The van der Waals surface area contributed by atoms with Crippen LogP contribution in [0.3, 0.4) is 0 Å². The number of carbonyl (C=O) groups is 1. The standard InChI is InChI=1S/C16H31N3O/c1-13(2)16(20)18-9-7-17(8-10-18)11-15-5-6-19(12-15)14(3)4/h13-15H,5-12H2,1-4H3. The van der Waals surface area contributed by atoms with Gasteiger partial charge in [0.25, 0.3) is 0 Å². The highest BCUT2D eigenvalue weighted by atomic mass is 16.2. The van der Waals surface area contributed by atoms with Crippen molar-refractivity contribution in [1.82, 2.24) is 14.7 Å². The van der Waals surface area contributed by atoms with Gasteiger partial charge < -0.3 is 9.80 Å². The van der Waals surface area contributed by atoms with Crippen molar-refractivity contribution in [2.45, 2.75) is 40.2 Å². The maximum Gasteiger partial charge on any atom is 0.225 e. The molecule has 0 aliphatic carbocycles. The summed E-state index contributed by atoms with van der Waals surface area (Å²) in [5, 5.41) is 0. The number of nitrogens with zero attached hydrogens (tertiary/aromatic N) is 3. The number of hydrogen-bond acceptors (Lipinski definition) is 3. The smallest absolute Gasteiger partial charge is 0.225 e. The van der Waals surface area contributed by atoms with Crippen LogP contribution in [-0.2, 0) is 4.79 Å². The Labute approximate surface area is 124 Å². The van der Waals surface area contributed by atoms with E-state index in [-0.39, 0.29) is 5.92 Å². The van der Waals surface area contributed by atoms with Gasteiger partial charge in [-0.2, -0.15) is 0 Å². The lowest BCUT2D eigenvalue weighted by Crippen LogP contribution is -2.50. The predicted octanol–water partition coefficient (Wildman–Crippen LogP) is 1.52. The Bertz CT molecular complexity index is 322. The Hall–Kier alpha value is -0.610. The third-order valence-electron chi connectivity index (χ3n) is 4.74. The number of likely N-dealkylation sites (tertiary alicyclic amines) is 1. The first-order valence-corrected chi connectivity index (χ1v) is 8.22. The van der Waals surface area contributed by atoms with E-state index < -0.39 is 0 Å². The SMILES string of the molecule is CC(C)C(=O)N1CCN(CC2CCN(C(C)C)C2)CC1. The Kier molecular flexibility index (Phi) is 5.44. The van der Waals surface area contributed by atoms with E-state index in [4.69, 9.17) is 0 Å². The average molecular weight is 281 g/mol. The molecule has 2 heterocycles. The summed E-state index contributed by atoms with van der Waals surface area (Å²) in [6.45, 7) is 16.2. The van der Waals surface area contributed by atoms with E-state index in [0.29, 0.717) is 11.9 Å². The molecule has 2 fully saturated rings. The molecule has 0 N–H and O–H groups in total. The van der Waals surface area contributed by atoms with Gasteiger partial charge in [-0.3, -0.25) is 9.69 Å². The van der Waals surface area contributed by atoms with Gasteiger partial charge in [0, 0.05) is 51.2 Å². The van der Waals surface area contributed by atoms with E-state index in [1.807, 2.05) is 18.7 Å². The minimum absolute atomic E-state index is 0.135. The quantitative estimate of drug-likeness (QED) is 0.782. The minimum atomic E-state index is 0.135. The van der Waals surface area contributed by atoms with Gasteiger partial charge in [0.15, 0.2) is 0 Å². The van der Waals surface area contributed by atoms with Crippen LogP contribution < -0.4 is 0 Å². The number of hydrogen-bond donors (Lipinski definition) is 0. The molecule has 1 unspecified atom stereocenters. The van der Waals surface area contributed by atoms with Crippen LogP contribution in [-0.4, -0.2) is 72.5 Å². The molecule has 0 aromatic rings. The molecule has 2 aliphatic heterocycles. The highest BCUT2D eigenvalue weighted by Gasteiger charge is 2.28. The zero-order valence-electron chi connectivity index (χ0n) is 13.6. The predicted molar refractivity (Wildman–Crippen MR) is 82.7 cm³/mol. The number of amides is 1. The molecule has 0 aromatic heterocycles. The van der Waals surface area contributed by atoms with E-state index in [0.717, 1.165) is 32.1 Å². The Morgan fingerprint density at radius 2 is 1.70 bits per heavy atom. The molecular weight excluding hydrogens is 250 g/mol. The van der Waals surface area contributed by atoms with Gasteiger partial charge in [-0.1, -0.05) is 13.8 Å². The van der Waals surface area contributed by atoms with E-state index in [1.165, 1.54) is 26.1 Å². The van der Waals surface area contributed by atoms with Crippen molar-refractivity contribution in [2.24, 2.45) is 11.8 Å². The fourth-order valence-electron chi connectivity index (χ4n) is 3.36. The van der Waals surface area contributed by atoms with Crippen molar-refractivity contribution in [3.63, 3.8) is 0 Å². The maximum absolute atomic E-state index is 12.0. The second-order valence-electron chi connectivity index (χ2n) is 7.02. The highest BCUT2D eigenvalue weighted by molar-refractivity contribution is 5.78. The van der Waals surface area contributed by atoms with Crippen molar-refractivity contribution in [3.8, 4) is 0 Å². The second-order valence-corrected chi connectivity index (χ2v) is 7.02. The van der Waals surface area contributed by atoms with E-state index in [9.17, 15) is 4.79 Å². The zero-order chi connectivity index (χ0) is 14.7. The van der Waals surface area contributed by atoms with Gasteiger partial charge in [0.1, 0.15) is 0 Å². The van der Waals surface area contributed by atoms with Crippen LogP contribution in [0.25, 0.3) is 0 Å². The first-order valence-electron chi connectivity index (χ1n) is 8.22. The summed E-state index contributed by atoms with van der Waals surface area (Å²) in [5.41, 5.74) is 0. The molecule has 4 nitrogen and oxygen atoms in total. The minimum Gasteiger partial charge on any atom is -0.340 e. The Morgan fingerprint density at radius 1 is 1.05 bits per heavy atom. The third kappa shape index (κ3) is 3.95. The molecule has 0 bridgehead atoms. The molecule has 0 spiro atoms. The summed E-state index contributed by atoms with van der Waals surface area (Å²) >= 11 is 0. The number of piperazine rings is 1. The summed E-state index contributed by atoms with van der Waals surface area (Å²) in [6, 6.07) is 0.681. The van der Waals surface area contributed by atoms with Crippen molar-refractivity contribution in [1.29, 1.82) is 0 Å². The van der Waals surface area contributed by atoms with Gasteiger partial charge in [-0.05, 0) is 32.7 Å². The average Bonchev–Trinajstić information content (AvgIpc) is 2.87. The van der Waals surface area contributed by atoms with Gasteiger partial charge in [-0.15, -0.1) is 0 Å². The van der Waals surface area contributed by atoms with E-state index in [1.54, 1.807) is 0 Å². The molecule has 2 rings (SSSR count). The lowest BCUT2D eigenvalue weighted by molar-refractivity contribution is -0.136. The number of carbonyl (C=O) groups excluding carboxylic acids is 1. The van der Waals surface area contributed by atoms with Crippen LogP contribution in [0.1, 0.15) is 34.1 Å². The summed E-state index contributed by atoms with van der Waals surface area (Å²) < 4.78 is 0. The van der Waals surface area contributed by atoms with Gasteiger partial charge in [-0.25, -0.2) is 0 Å². The monoisotopic (exact) mass is 281 g/mol.